The largest absolute Gasteiger partial charge is 0.319 e. The average Bonchev–Trinajstić information content (AvgIpc) is 2.56. The van der Waals surface area contributed by atoms with E-state index in [4.69, 9.17) is 11.6 Å². The average molecular weight is 311 g/mol. The summed E-state index contributed by atoms with van der Waals surface area (Å²) in [5.74, 6) is -0.299. The molecule has 5 nitrogen and oxygen atoms in total. The van der Waals surface area contributed by atoms with Crippen LogP contribution in [0.25, 0.3) is 11.3 Å². The standard InChI is InChI=1S/C16H11ClN4O/c17-13-4-2-8-19-15(13)11-5-6-14(20-9-11)16(22)21-12-3-1-7-18-10-12/h1-10H,(H,21,22). The van der Waals surface area contributed by atoms with Gasteiger partial charge in [-0.25, -0.2) is 0 Å². The molecular formula is C16H11ClN4O. The van der Waals surface area contributed by atoms with Crippen LogP contribution in [-0.2, 0) is 0 Å². The van der Waals surface area contributed by atoms with Gasteiger partial charge in [0.2, 0.25) is 0 Å². The molecule has 0 aliphatic rings. The molecular weight excluding hydrogens is 300 g/mol. The Hall–Kier alpha value is -2.79. The summed E-state index contributed by atoms with van der Waals surface area (Å²) in [4.78, 5) is 24.4. The van der Waals surface area contributed by atoms with Crippen molar-refractivity contribution in [3.05, 3.63) is 71.9 Å². The lowest BCUT2D eigenvalue weighted by atomic mass is 10.1. The van der Waals surface area contributed by atoms with Crippen LogP contribution in [0.2, 0.25) is 5.02 Å². The summed E-state index contributed by atoms with van der Waals surface area (Å²) in [6, 6.07) is 10.4. The van der Waals surface area contributed by atoms with Gasteiger partial charge in [0.15, 0.2) is 0 Å². The van der Waals surface area contributed by atoms with Crippen LogP contribution in [0.1, 0.15) is 10.5 Å². The maximum Gasteiger partial charge on any atom is 0.274 e. The van der Waals surface area contributed by atoms with E-state index >= 15 is 0 Å². The lowest BCUT2D eigenvalue weighted by Crippen LogP contribution is -2.13. The van der Waals surface area contributed by atoms with Gasteiger partial charge >= 0.3 is 0 Å². The predicted molar refractivity (Wildman–Crippen MR) is 84.7 cm³/mol. The number of carbonyl (C=O) groups is 1. The topological polar surface area (TPSA) is 67.8 Å². The van der Waals surface area contributed by atoms with E-state index in [9.17, 15) is 4.79 Å². The second-order valence-electron chi connectivity index (χ2n) is 4.46. The molecule has 22 heavy (non-hydrogen) atoms. The zero-order chi connectivity index (χ0) is 15.4. The molecule has 0 saturated carbocycles. The molecule has 0 aromatic carbocycles. The monoisotopic (exact) mass is 310 g/mol. The third-order valence-electron chi connectivity index (χ3n) is 2.95. The molecule has 0 atom stereocenters. The first-order valence-electron chi connectivity index (χ1n) is 6.52. The highest BCUT2D eigenvalue weighted by Crippen LogP contribution is 2.24. The predicted octanol–water partition coefficient (Wildman–Crippen LogP) is 3.44. The maximum atomic E-state index is 12.1. The highest BCUT2D eigenvalue weighted by Gasteiger charge is 2.10. The summed E-state index contributed by atoms with van der Waals surface area (Å²) in [5.41, 5.74) is 2.31. The van der Waals surface area contributed by atoms with Crippen LogP contribution in [0.15, 0.2) is 61.2 Å². The third-order valence-corrected chi connectivity index (χ3v) is 3.25. The lowest BCUT2D eigenvalue weighted by Gasteiger charge is -2.06. The Kier molecular flexibility index (Phi) is 4.07. The first kappa shape index (κ1) is 14.2. The summed E-state index contributed by atoms with van der Waals surface area (Å²) in [7, 11) is 0. The molecule has 0 unspecified atom stereocenters. The molecule has 3 aromatic heterocycles. The number of nitrogens with one attached hydrogen (secondary N) is 1. The van der Waals surface area contributed by atoms with Gasteiger partial charge < -0.3 is 5.32 Å². The van der Waals surface area contributed by atoms with Gasteiger partial charge in [-0.3, -0.25) is 19.7 Å². The molecule has 3 rings (SSSR count). The maximum absolute atomic E-state index is 12.1. The van der Waals surface area contributed by atoms with Crippen molar-refractivity contribution in [2.24, 2.45) is 0 Å². The summed E-state index contributed by atoms with van der Waals surface area (Å²) >= 11 is 6.09. The Morgan fingerprint density at radius 2 is 1.86 bits per heavy atom. The molecule has 0 spiro atoms. The van der Waals surface area contributed by atoms with Gasteiger partial charge in [-0.1, -0.05) is 11.6 Å². The smallest absolute Gasteiger partial charge is 0.274 e. The fourth-order valence-electron chi connectivity index (χ4n) is 1.90. The molecule has 1 N–H and O–H groups in total. The minimum absolute atomic E-state index is 0.299. The van der Waals surface area contributed by atoms with Crippen molar-refractivity contribution >= 4 is 23.2 Å². The Morgan fingerprint density at radius 3 is 2.55 bits per heavy atom. The normalized spacial score (nSPS) is 10.2. The van der Waals surface area contributed by atoms with E-state index in [1.165, 1.54) is 0 Å². The molecule has 1 amide bonds. The van der Waals surface area contributed by atoms with E-state index in [0.717, 1.165) is 5.56 Å². The molecule has 6 heteroatoms. The summed E-state index contributed by atoms with van der Waals surface area (Å²) in [5, 5.41) is 3.26. The van der Waals surface area contributed by atoms with E-state index in [1.54, 1.807) is 61.2 Å². The van der Waals surface area contributed by atoms with E-state index in [2.05, 4.69) is 20.3 Å². The van der Waals surface area contributed by atoms with Gasteiger partial charge in [0.25, 0.3) is 5.91 Å². The number of amides is 1. The second kappa shape index (κ2) is 6.32. The van der Waals surface area contributed by atoms with Gasteiger partial charge in [0.1, 0.15) is 5.69 Å². The quantitative estimate of drug-likeness (QED) is 0.804. The number of aromatic nitrogens is 3. The number of hydrogen-bond donors (Lipinski definition) is 1. The van der Waals surface area contributed by atoms with Gasteiger partial charge in [-0.05, 0) is 36.4 Å². The van der Waals surface area contributed by atoms with E-state index in [1.807, 2.05) is 0 Å². The minimum Gasteiger partial charge on any atom is -0.319 e. The lowest BCUT2D eigenvalue weighted by molar-refractivity contribution is 0.102. The van der Waals surface area contributed by atoms with Gasteiger partial charge in [0, 0.05) is 24.2 Å². The number of rotatable bonds is 3. The van der Waals surface area contributed by atoms with E-state index in [0.29, 0.717) is 22.1 Å². The van der Waals surface area contributed by atoms with Crippen molar-refractivity contribution in [3.63, 3.8) is 0 Å². The summed E-state index contributed by atoms with van der Waals surface area (Å²) in [6.45, 7) is 0. The fourth-order valence-corrected chi connectivity index (χ4v) is 2.13. The van der Waals surface area contributed by atoms with Crippen LogP contribution in [0.5, 0.6) is 0 Å². The fraction of sp³-hybridized carbons (Fsp3) is 0. The molecule has 3 aromatic rings. The van der Waals surface area contributed by atoms with Crippen molar-refractivity contribution in [2.75, 3.05) is 5.32 Å². The van der Waals surface area contributed by atoms with Crippen LogP contribution < -0.4 is 5.32 Å². The van der Waals surface area contributed by atoms with Crippen molar-refractivity contribution < 1.29 is 4.79 Å². The van der Waals surface area contributed by atoms with Crippen molar-refractivity contribution in [2.45, 2.75) is 0 Å². The third kappa shape index (κ3) is 3.10. The Morgan fingerprint density at radius 1 is 1.00 bits per heavy atom. The molecule has 0 aliphatic carbocycles. The number of pyridine rings is 3. The highest BCUT2D eigenvalue weighted by molar-refractivity contribution is 6.33. The number of anilines is 1. The number of carbonyl (C=O) groups excluding carboxylic acids is 1. The zero-order valence-corrected chi connectivity index (χ0v) is 12.2. The highest BCUT2D eigenvalue weighted by atomic mass is 35.5. The zero-order valence-electron chi connectivity index (χ0n) is 11.4. The van der Waals surface area contributed by atoms with Crippen molar-refractivity contribution in [1.82, 2.24) is 15.0 Å². The molecule has 108 valence electrons. The van der Waals surface area contributed by atoms with Crippen LogP contribution >= 0.6 is 11.6 Å². The van der Waals surface area contributed by atoms with E-state index in [-0.39, 0.29) is 5.91 Å². The number of halogens is 1. The second-order valence-corrected chi connectivity index (χ2v) is 4.87. The number of hydrogen-bond acceptors (Lipinski definition) is 4. The Balaban J connectivity index is 1.80. The van der Waals surface area contributed by atoms with Gasteiger partial charge in [0.05, 0.1) is 22.6 Å². The molecule has 0 saturated heterocycles. The molecule has 0 radical (unpaired) electrons. The van der Waals surface area contributed by atoms with Gasteiger partial charge in [-0.2, -0.15) is 0 Å². The Labute approximate surface area is 132 Å². The minimum atomic E-state index is -0.299. The van der Waals surface area contributed by atoms with Crippen LogP contribution in [0.3, 0.4) is 0 Å². The molecule has 0 bridgehead atoms. The van der Waals surface area contributed by atoms with Crippen LogP contribution in [0, 0.1) is 0 Å². The first-order chi connectivity index (χ1) is 10.7. The first-order valence-corrected chi connectivity index (χ1v) is 6.90. The molecule has 0 fully saturated rings. The summed E-state index contributed by atoms with van der Waals surface area (Å²) in [6.07, 6.45) is 6.44. The van der Waals surface area contributed by atoms with Crippen LogP contribution in [-0.4, -0.2) is 20.9 Å². The van der Waals surface area contributed by atoms with E-state index < -0.39 is 0 Å². The van der Waals surface area contributed by atoms with Crippen LogP contribution in [0.4, 0.5) is 5.69 Å². The SMILES string of the molecule is O=C(Nc1cccnc1)c1ccc(-c2ncccc2Cl)cn1. The van der Waals surface area contributed by atoms with Crippen molar-refractivity contribution in [1.29, 1.82) is 0 Å². The number of nitrogens with zero attached hydrogens (tertiary/aromatic N) is 3. The molecule has 0 aliphatic heterocycles. The van der Waals surface area contributed by atoms with Gasteiger partial charge in [-0.15, -0.1) is 0 Å². The molecule has 3 heterocycles. The summed E-state index contributed by atoms with van der Waals surface area (Å²) < 4.78 is 0. The van der Waals surface area contributed by atoms with Crippen molar-refractivity contribution in [3.8, 4) is 11.3 Å². The Bertz CT molecular complexity index is 791.